The van der Waals surface area contributed by atoms with Crippen molar-refractivity contribution in [2.45, 2.75) is 32.4 Å². The van der Waals surface area contributed by atoms with Crippen molar-refractivity contribution >= 4 is 50.9 Å². The van der Waals surface area contributed by atoms with Crippen molar-refractivity contribution in [2.75, 3.05) is 6.54 Å². The van der Waals surface area contributed by atoms with E-state index in [0.717, 1.165) is 15.6 Å². The Morgan fingerprint density at radius 2 is 1.58 bits per heavy atom. The number of nitrogens with zero attached hydrogens (tertiary/aromatic N) is 1. The molecule has 172 valence electrons. The van der Waals surface area contributed by atoms with Crippen LogP contribution in [0.5, 0.6) is 0 Å². The molecule has 1 atom stereocenters. The summed E-state index contributed by atoms with van der Waals surface area (Å²) in [7, 11) is 0. The van der Waals surface area contributed by atoms with E-state index in [9.17, 15) is 9.59 Å². The van der Waals surface area contributed by atoms with Gasteiger partial charge in [0.2, 0.25) is 11.8 Å². The fourth-order valence-corrected chi connectivity index (χ4v) is 4.61. The third kappa shape index (κ3) is 7.07. The highest BCUT2D eigenvalue weighted by atomic mass is 79.9. The number of hydrogen-bond acceptors (Lipinski definition) is 2. The van der Waals surface area contributed by atoms with Gasteiger partial charge in [0.1, 0.15) is 6.04 Å². The summed E-state index contributed by atoms with van der Waals surface area (Å²) in [5.41, 5.74) is 2.43. The smallest absolute Gasteiger partial charge is 0.243 e. The molecule has 0 spiro atoms. The minimum atomic E-state index is -0.694. The number of rotatable bonds is 9. The molecule has 0 heterocycles. The Morgan fingerprint density at radius 1 is 0.939 bits per heavy atom. The van der Waals surface area contributed by atoms with Crippen molar-refractivity contribution in [3.8, 4) is 0 Å². The summed E-state index contributed by atoms with van der Waals surface area (Å²) in [4.78, 5) is 28.5. The standard InChI is InChI=1S/C26H25BrCl2N2O2/c1-2-30-26(33)24(15-18-8-4-3-5-9-18)31(17-19-10-6-11-20(27)14-19)25(32)16-21-22(28)12-7-13-23(21)29/h3-14,24H,2,15-17H2,1H3,(H,30,33). The van der Waals surface area contributed by atoms with Gasteiger partial charge in [-0.15, -0.1) is 0 Å². The monoisotopic (exact) mass is 546 g/mol. The first kappa shape index (κ1) is 25.3. The number of amides is 2. The number of halogens is 3. The average molecular weight is 548 g/mol. The molecule has 1 unspecified atom stereocenters. The molecule has 33 heavy (non-hydrogen) atoms. The van der Waals surface area contributed by atoms with Crippen LogP contribution in [0.15, 0.2) is 77.3 Å². The minimum Gasteiger partial charge on any atom is -0.355 e. The molecule has 3 aromatic rings. The van der Waals surface area contributed by atoms with Crippen molar-refractivity contribution in [2.24, 2.45) is 0 Å². The molecule has 0 aliphatic carbocycles. The maximum Gasteiger partial charge on any atom is 0.243 e. The van der Waals surface area contributed by atoms with Crippen molar-refractivity contribution in [3.05, 3.63) is 104 Å². The Labute approximate surface area is 213 Å². The van der Waals surface area contributed by atoms with Gasteiger partial charge in [-0.1, -0.05) is 87.7 Å². The fraction of sp³-hybridized carbons (Fsp3) is 0.231. The highest BCUT2D eigenvalue weighted by molar-refractivity contribution is 9.10. The Morgan fingerprint density at radius 3 is 2.21 bits per heavy atom. The third-order valence-electron chi connectivity index (χ3n) is 5.25. The van der Waals surface area contributed by atoms with E-state index < -0.39 is 6.04 Å². The lowest BCUT2D eigenvalue weighted by molar-refractivity contribution is -0.140. The maximum absolute atomic E-state index is 13.7. The summed E-state index contributed by atoms with van der Waals surface area (Å²) >= 11 is 16.2. The molecule has 3 aromatic carbocycles. The second kappa shape index (κ2) is 12.2. The lowest BCUT2D eigenvalue weighted by Gasteiger charge is -2.32. The maximum atomic E-state index is 13.7. The molecule has 1 N–H and O–H groups in total. The Balaban J connectivity index is 1.99. The zero-order valence-corrected chi connectivity index (χ0v) is 21.3. The lowest BCUT2D eigenvalue weighted by atomic mass is 10.0. The van der Waals surface area contributed by atoms with Crippen LogP contribution < -0.4 is 5.32 Å². The largest absolute Gasteiger partial charge is 0.355 e. The van der Waals surface area contributed by atoms with E-state index >= 15 is 0 Å². The van der Waals surface area contributed by atoms with Crippen molar-refractivity contribution in [1.82, 2.24) is 10.2 Å². The van der Waals surface area contributed by atoms with Crippen molar-refractivity contribution < 1.29 is 9.59 Å². The van der Waals surface area contributed by atoms with Crippen LogP contribution in [0, 0.1) is 0 Å². The molecule has 0 bridgehead atoms. The number of benzene rings is 3. The van der Waals surface area contributed by atoms with E-state index in [2.05, 4.69) is 21.2 Å². The van der Waals surface area contributed by atoms with Crippen LogP contribution in [0.2, 0.25) is 10.0 Å². The van der Waals surface area contributed by atoms with Gasteiger partial charge >= 0.3 is 0 Å². The molecular formula is C26H25BrCl2N2O2. The van der Waals surface area contributed by atoms with Crippen LogP contribution in [0.3, 0.4) is 0 Å². The normalized spacial score (nSPS) is 11.6. The molecule has 0 saturated heterocycles. The van der Waals surface area contributed by atoms with Crippen LogP contribution in [-0.4, -0.2) is 29.3 Å². The highest BCUT2D eigenvalue weighted by Crippen LogP contribution is 2.26. The predicted molar refractivity (Wildman–Crippen MR) is 137 cm³/mol. The SMILES string of the molecule is CCNC(=O)C(Cc1ccccc1)N(Cc1cccc(Br)c1)C(=O)Cc1c(Cl)cccc1Cl. The minimum absolute atomic E-state index is 0.00277. The lowest BCUT2D eigenvalue weighted by Crippen LogP contribution is -2.51. The molecule has 0 aliphatic heterocycles. The van der Waals surface area contributed by atoms with Gasteiger partial charge in [-0.2, -0.15) is 0 Å². The molecule has 0 aromatic heterocycles. The summed E-state index contributed by atoms with van der Waals surface area (Å²) in [6.07, 6.45) is 0.389. The second-order valence-electron chi connectivity index (χ2n) is 7.63. The van der Waals surface area contributed by atoms with Crippen LogP contribution in [0.4, 0.5) is 0 Å². The van der Waals surface area contributed by atoms with E-state index in [4.69, 9.17) is 23.2 Å². The van der Waals surface area contributed by atoms with Crippen LogP contribution in [0.25, 0.3) is 0 Å². The van der Waals surface area contributed by atoms with E-state index in [1.54, 1.807) is 23.1 Å². The first-order chi connectivity index (χ1) is 15.9. The molecule has 4 nitrogen and oxygen atoms in total. The number of carbonyl (C=O) groups excluding carboxylic acids is 2. The first-order valence-electron chi connectivity index (χ1n) is 10.7. The quantitative estimate of drug-likeness (QED) is 0.353. The van der Waals surface area contributed by atoms with Crippen molar-refractivity contribution in [1.29, 1.82) is 0 Å². The van der Waals surface area contributed by atoms with Gasteiger partial charge in [-0.05, 0) is 47.9 Å². The fourth-order valence-electron chi connectivity index (χ4n) is 3.63. The molecule has 7 heteroatoms. The Kier molecular flexibility index (Phi) is 9.36. The molecular weight excluding hydrogens is 523 g/mol. The topological polar surface area (TPSA) is 49.4 Å². The van der Waals surface area contributed by atoms with Crippen LogP contribution >= 0.6 is 39.1 Å². The van der Waals surface area contributed by atoms with Gasteiger partial charge in [0, 0.05) is 34.0 Å². The molecule has 3 rings (SSSR count). The Hall–Kier alpha value is -2.34. The molecule has 2 amide bonds. The van der Waals surface area contributed by atoms with Gasteiger partial charge < -0.3 is 10.2 Å². The number of hydrogen-bond donors (Lipinski definition) is 1. The van der Waals surface area contributed by atoms with Crippen molar-refractivity contribution in [3.63, 3.8) is 0 Å². The number of carbonyl (C=O) groups is 2. The van der Waals surface area contributed by atoms with E-state index in [1.807, 2.05) is 61.5 Å². The number of likely N-dealkylation sites (N-methyl/N-ethyl adjacent to an activating group) is 1. The second-order valence-corrected chi connectivity index (χ2v) is 9.36. The molecule has 0 radical (unpaired) electrons. The first-order valence-corrected chi connectivity index (χ1v) is 12.2. The van der Waals surface area contributed by atoms with Gasteiger partial charge in [0.15, 0.2) is 0 Å². The predicted octanol–water partition coefficient (Wildman–Crippen LogP) is 6.07. The highest BCUT2D eigenvalue weighted by Gasteiger charge is 2.30. The molecule has 0 fully saturated rings. The molecule has 0 aliphatic rings. The van der Waals surface area contributed by atoms with Gasteiger partial charge in [-0.3, -0.25) is 9.59 Å². The summed E-state index contributed by atoms with van der Waals surface area (Å²) in [5, 5.41) is 3.74. The Bertz CT molecular complexity index is 1090. The third-order valence-corrected chi connectivity index (χ3v) is 6.46. The van der Waals surface area contributed by atoms with E-state index in [1.165, 1.54) is 0 Å². The zero-order valence-electron chi connectivity index (χ0n) is 18.2. The number of nitrogens with one attached hydrogen (secondary N) is 1. The summed E-state index contributed by atoms with van der Waals surface area (Å²) < 4.78 is 0.902. The van der Waals surface area contributed by atoms with E-state index in [0.29, 0.717) is 28.6 Å². The zero-order chi connectivity index (χ0) is 23.8. The summed E-state index contributed by atoms with van der Waals surface area (Å²) in [6, 6.07) is 21.9. The van der Waals surface area contributed by atoms with Gasteiger partial charge in [0.25, 0.3) is 0 Å². The van der Waals surface area contributed by atoms with Crippen LogP contribution in [-0.2, 0) is 29.0 Å². The summed E-state index contributed by atoms with van der Waals surface area (Å²) in [6.45, 7) is 2.61. The van der Waals surface area contributed by atoms with Gasteiger partial charge in [-0.25, -0.2) is 0 Å². The van der Waals surface area contributed by atoms with Gasteiger partial charge in [0.05, 0.1) is 6.42 Å². The average Bonchev–Trinajstić information content (AvgIpc) is 2.79. The summed E-state index contributed by atoms with van der Waals surface area (Å²) in [5.74, 6) is -0.424. The van der Waals surface area contributed by atoms with E-state index in [-0.39, 0.29) is 24.8 Å². The van der Waals surface area contributed by atoms with Crippen LogP contribution in [0.1, 0.15) is 23.6 Å². The molecule has 0 saturated carbocycles.